The molecule has 86 valence electrons. The number of rotatable bonds is 2. The van der Waals surface area contributed by atoms with Crippen LogP contribution in [0.3, 0.4) is 0 Å². The number of piperidine rings is 1. The summed E-state index contributed by atoms with van der Waals surface area (Å²) in [6.07, 6.45) is 2.79. The van der Waals surface area contributed by atoms with Gasteiger partial charge in [-0.3, -0.25) is 0 Å². The molecule has 0 spiro atoms. The first-order valence-corrected chi connectivity index (χ1v) is 6.23. The summed E-state index contributed by atoms with van der Waals surface area (Å²) >= 11 is 0. The Labute approximate surface area is 97.0 Å². The molecule has 0 amide bonds. The number of hydrogen-bond acceptors (Lipinski definition) is 2. The molecule has 1 saturated heterocycles. The van der Waals surface area contributed by atoms with E-state index in [-0.39, 0.29) is 0 Å². The maximum Gasteiger partial charge on any atom is 0.118 e. The van der Waals surface area contributed by atoms with Crippen molar-refractivity contribution in [2.24, 2.45) is 11.8 Å². The highest BCUT2D eigenvalue weighted by atomic mass is 16.5. The minimum atomic E-state index is 0.784. The van der Waals surface area contributed by atoms with Gasteiger partial charge in [0.1, 0.15) is 5.75 Å². The number of benzene rings is 1. The predicted molar refractivity (Wildman–Crippen MR) is 64.8 cm³/mol. The standard InChI is InChI=1S/C14H19NO/c1-16-13-6-4-10(5-7-13)14-11-2-3-12(14)9-15-8-11/h4-7,11-12,14-15H,2-3,8-9H2,1H3. The Bertz CT molecular complexity index is 344. The molecule has 0 radical (unpaired) electrons. The average Bonchev–Trinajstić information content (AvgIpc) is 2.59. The summed E-state index contributed by atoms with van der Waals surface area (Å²) in [5.41, 5.74) is 1.51. The minimum Gasteiger partial charge on any atom is -0.497 e. The first-order valence-electron chi connectivity index (χ1n) is 6.23. The van der Waals surface area contributed by atoms with Gasteiger partial charge in [-0.15, -0.1) is 0 Å². The Balaban J connectivity index is 1.86. The largest absolute Gasteiger partial charge is 0.497 e. The molecule has 2 atom stereocenters. The summed E-state index contributed by atoms with van der Waals surface area (Å²) in [6.45, 7) is 2.40. The summed E-state index contributed by atoms with van der Waals surface area (Å²) in [6, 6.07) is 8.69. The van der Waals surface area contributed by atoms with Crippen LogP contribution >= 0.6 is 0 Å². The molecule has 2 bridgehead atoms. The van der Waals surface area contributed by atoms with Gasteiger partial charge in [0.05, 0.1) is 7.11 Å². The van der Waals surface area contributed by atoms with Gasteiger partial charge in [-0.05, 0) is 61.4 Å². The second-order valence-electron chi connectivity index (χ2n) is 5.05. The van der Waals surface area contributed by atoms with Crippen molar-refractivity contribution in [3.63, 3.8) is 0 Å². The van der Waals surface area contributed by atoms with Crippen molar-refractivity contribution < 1.29 is 4.74 Å². The van der Waals surface area contributed by atoms with Crippen LogP contribution in [0.4, 0.5) is 0 Å². The highest BCUT2D eigenvalue weighted by Crippen LogP contribution is 2.45. The third-order valence-electron chi connectivity index (χ3n) is 4.24. The zero-order valence-electron chi connectivity index (χ0n) is 9.78. The van der Waals surface area contributed by atoms with E-state index in [2.05, 4.69) is 29.6 Å². The van der Waals surface area contributed by atoms with E-state index >= 15 is 0 Å². The van der Waals surface area contributed by atoms with Crippen molar-refractivity contribution in [3.05, 3.63) is 29.8 Å². The molecule has 2 aliphatic rings. The zero-order valence-corrected chi connectivity index (χ0v) is 9.78. The van der Waals surface area contributed by atoms with Gasteiger partial charge in [0.25, 0.3) is 0 Å². The van der Waals surface area contributed by atoms with E-state index < -0.39 is 0 Å². The van der Waals surface area contributed by atoms with Crippen molar-refractivity contribution in [1.29, 1.82) is 0 Å². The van der Waals surface area contributed by atoms with E-state index in [1.807, 2.05) is 0 Å². The molecule has 2 unspecified atom stereocenters. The molecule has 1 aliphatic carbocycles. The molecule has 1 aliphatic heterocycles. The quantitative estimate of drug-likeness (QED) is 0.821. The Hall–Kier alpha value is -1.02. The fourth-order valence-corrected chi connectivity index (χ4v) is 3.45. The Morgan fingerprint density at radius 1 is 1.06 bits per heavy atom. The lowest BCUT2D eigenvalue weighted by Crippen LogP contribution is -2.36. The average molecular weight is 217 g/mol. The molecule has 1 heterocycles. The van der Waals surface area contributed by atoms with E-state index in [0.29, 0.717) is 0 Å². The van der Waals surface area contributed by atoms with E-state index in [1.165, 1.54) is 31.5 Å². The molecule has 16 heavy (non-hydrogen) atoms. The molecular weight excluding hydrogens is 198 g/mol. The fraction of sp³-hybridized carbons (Fsp3) is 0.571. The van der Waals surface area contributed by atoms with Gasteiger partial charge in [0.2, 0.25) is 0 Å². The number of ether oxygens (including phenoxy) is 1. The molecule has 1 N–H and O–H groups in total. The molecule has 2 fully saturated rings. The second kappa shape index (κ2) is 4.10. The summed E-state index contributed by atoms with van der Waals surface area (Å²) in [7, 11) is 1.73. The van der Waals surface area contributed by atoms with Crippen LogP contribution in [0.15, 0.2) is 24.3 Å². The molecule has 3 rings (SSSR count). The maximum absolute atomic E-state index is 5.21. The van der Waals surface area contributed by atoms with Gasteiger partial charge in [0, 0.05) is 0 Å². The van der Waals surface area contributed by atoms with Crippen LogP contribution in [-0.2, 0) is 0 Å². The zero-order chi connectivity index (χ0) is 11.0. The lowest BCUT2D eigenvalue weighted by Gasteiger charge is -2.31. The van der Waals surface area contributed by atoms with E-state index in [9.17, 15) is 0 Å². The third kappa shape index (κ3) is 1.61. The van der Waals surface area contributed by atoms with Gasteiger partial charge >= 0.3 is 0 Å². The SMILES string of the molecule is COc1ccc(C2C3CCC2CNC3)cc1. The lowest BCUT2D eigenvalue weighted by molar-refractivity contribution is 0.322. The van der Waals surface area contributed by atoms with Crippen LogP contribution in [-0.4, -0.2) is 20.2 Å². The third-order valence-corrected chi connectivity index (χ3v) is 4.24. The Kier molecular flexibility index (Phi) is 2.60. The monoisotopic (exact) mass is 217 g/mol. The topological polar surface area (TPSA) is 21.3 Å². The van der Waals surface area contributed by atoms with Gasteiger partial charge < -0.3 is 10.1 Å². The fourth-order valence-electron chi connectivity index (χ4n) is 3.45. The first-order chi connectivity index (χ1) is 7.88. The summed E-state index contributed by atoms with van der Waals surface area (Å²) in [5.74, 6) is 3.46. The van der Waals surface area contributed by atoms with Gasteiger partial charge in [-0.1, -0.05) is 12.1 Å². The summed E-state index contributed by atoms with van der Waals surface area (Å²) in [4.78, 5) is 0. The predicted octanol–water partition coefficient (Wildman–Crippen LogP) is 2.41. The van der Waals surface area contributed by atoms with Crippen molar-refractivity contribution >= 4 is 0 Å². The van der Waals surface area contributed by atoms with Crippen molar-refractivity contribution in [1.82, 2.24) is 5.32 Å². The second-order valence-corrected chi connectivity index (χ2v) is 5.05. The van der Waals surface area contributed by atoms with Crippen LogP contribution in [0.25, 0.3) is 0 Å². The molecule has 1 aromatic carbocycles. The maximum atomic E-state index is 5.21. The molecule has 2 nitrogen and oxygen atoms in total. The van der Waals surface area contributed by atoms with Crippen LogP contribution in [0.1, 0.15) is 24.3 Å². The number of fused-ring (bicyclic) bond motifs is 2. The molecular formula is C14H19NO. The van der Waals surface area contributed by atoms with Crippen LogP contribution in [0, 0.1) is 11.8 Å². The van der Waals surface area contributed by atoms with Gasteiger partial charge in [-0.2, -0.15) is 0 Å². The Morgan fingerprint density at radius 2 is 1.69 bits per heavy atom. The first kappa shape index (κ1) is 10.2. The number of nitrogens with one attached hydrogen (secondary N) is 1. The van der Waals surface area contributed by atoms with Crippen molar-refractivity contribution in [2.45, 2.75) is 18.8 Å². The smallest absolute Gasteiger partial charge is 0.118 e. The highest BCUT2D eigenvalue weighted by molar-refractivity contribution is 5.31. The van der Waals surface area contributed by atoms with E-state index in [1.54, 1.807) is 7.11 Å². The van der Waals surface area contributed by atoms with Crippen molar-refractivity contribution in [3.8, 4) is 5.75 Å². The van der Waals surface area contributed by atoms with Crippen LogP contribution < -0.4 is 10.1 Å². The molecule has 2 heteroatoms. The summed E-state index contributed by atoms with van der Waals surface area (Å²) < 4.78 is 5.21. The molecule has 0 aromatic heterocycles. The van der Waals surface area contributed by atoms with Gasteiger partial charge in [-0.25, -0.2) is 0 Å². The number of methoxy groups -OCH3 is 1. The lowest BCUT2D eigenvalue weighted by atomic mass is 9.81. The highest BCUT2D eigenvalue weighted by Gasteiger charge is 2.39. The normalized spacial score (nSPS) is 32.7. The van der Waals surface area contributed by atoms with Crippen LogP contribution in [0.5, 0.6) is 5.75 Å². The number of hydrogen-bond donors (Lipinski definition) is 1. The molecule has 1 saturated carbocycles. The Morgan fingerprint density at radius 3 is 2.25 bits per heavy atom. The van der Waals surface area contributed by atoms with Gasteiger partial charge in [0.15, 0.2) is 0 Å². The van der Waals surface area contributed by atoms with E-state index in [4.69, 9.17) is 4.74 Å². The van der Waals surface area contributed by atoms with Crippen LogP contribution in [0.2, 0.25) is 0 Å². The van der Waals surface area contributed by atoms with E-state index in [0.717, 1.165) is 23.5 Å². The minimum absolute atomic E-state index is 0.784. The molecule has 1 aromatic rings. The van der Waals surface area contributed by atoms with Crippen molar-refractivity contribution in [2.75, 3.05) is 20.2 Å². The summed E-state index contributed by atoms with van der Waals surface area (Å²) in [5, 5.41) is 3.54.